The van der Waals surface area contributed by atoms with Crippen LogP contribution in [0.5, 0.6) is 5.75 Å². The summed E-state index contributed by atoms with van der Waals surface area (Å²) < 4.78 is 5.64. The highest BCUT2D eigenvalue weighted by Gasteiger charge is 2.13. The van der Waals surface area contributed by atoms with Crippen molar-refractivity contribution in [3.63, 3.8) is 0 Å². The summed E-state index contributed by atoms with van der Waals surface area (Å²) >= 11 is 5.85. The second-order valence-corrected chi connectivity index (χ2v) is 6.58. The number of aliphatic hydroxyl groups excluding tert-OH is 1. The smallest absolute Gasteiger partial charge is 0.119 e. The fraction of sp³-hybridized carbons (Fsp3) is 0.400. The van der Waals surface area contributed by atoms with Gasteiger partial charge >= 0.3 is 0 Å². The van der Waals surface area contributed by atoms with Gasteiger partial charge in [0.2, 0.25) is 0 Å². The zero-order valence-electron chi connectivity index (χ0n) is 14.4. The lowest BCUT2D eigenvalue weighted by atomic mass is 10.1. The summed E-state index contributed by atoms with van der Waals surface area (Å²) in [6.45, 7) is 6.91. The molecule has 0 aliphatic rings. The van der Waals surface area contributed by atoms with Crippen molar-refractivity contribution in [2.24, 2.45) is 0 Å². The van der Waals surface area contributed by atoms with Gasteiger partial charge in [0.25, 0.3) is 0 Å². The van der Waals surface area contributed by atoms with Crippen LogP contribution in [0, 0.1) is 6.92 Å². The van der Waals surface area contributed by atoms with E-state index in [1.807, 2.05) is 12.1 Å². The summed E-state index contributed by atoms with van der Waals surface area (Å²) in [7, 11) is 0. The number of halogens is 1. The van der Waals surface area contributed by atoms with Gasteiger partial charge in [0.05, 0.1) is 0 Å². The van der Waals surface area contributed by atoms with Gasteiger partial charge in [-0.1, -0.05) is 48.4 Å². The molecule has 2 aromatic carbocycles. The van der Waals surface area contributed by atoms with Gasteiger partial charge in [-0.05, 0) is 49.7 Å². The van der Waals surface area contributed by atoms with Crippen LogP contribution < -0.4 is 4.74 Å². The lowest BCUT2D eigenvalue weighted by Gasteiger charge is -2.25. The Labute approximate surface area is 149 Å². The average Bonchev–Trinajstić information content (AvgIpc) is 2.54. The minimum Gasteiger partial charge on any atom is -0.491 e. The van der Waals surface area contributed by atoms with Crippen LogP contribution in [0.2, 0.25) is 5.02 Å². The Balaban J connectivity index is 1.85. The molecular formula is C20H26ClNO2. The minimum absolute atomic E-state index is 0.273. The second-order valence-electron chi connectivity index (χ2n) is 6.14. The van der Waals surface area contributed by atoms with Crippen LogP contribution in [0.15, 0.2) is 48.5 Å². The van der Waals surface area contributed by atoms with Crippen molar-refractivity contribution in [1.82, 2.24) is 4.90 Å². The summed E-state index contributed by atoms with van der Waals surface area (Å²) in [5.41, 5.74) is 2.53. The van der Waals surface area contributed by atoms with E-state index in [-0.39, 0.29) is 6.61 Å². The molecule has 0 saturated carbocycles. The lowest BCUT2D eigenvalue weighted by Crippen LogP contribution is -2.35. The van der Waals surface area contributed by atoms with Crippen molar-refractivity contribution in [1.29, 1.82) is 0 Å². The molecule has 0 aliphatic heterocycles. The molecule has 2 rings (SSSR count). The van der Waals surface area contributed by atoms with Gasteiger partial charge in [-0.25, -0.2) is 0 Å². The molecule has 0 saturated heterocycles. The van der Waals surface area contributed by atoms with E-state index in [0.717, 1.165) is 25.3 Å². The number of hydrogen-bond donors (Lipinski definition) is 1. The monoisotopic (exact) mass is 347 g/mol. The average molecular weight is 348 g/mol. The van der Waals surface area contributed by atoms with Crippen molar-refractivity contribution in [3.05, 3.63) is 64.7 Å². The van der Waals surface area contributed by atoms with E-state index >= 15 is 0 Å². The van der Waals surface area contributed by atoms with Crippen LogP contribution >= 0.6 is 11.6 Å². The third-order valence-corrected chi connectivity index (χ3v) is 4.01. The van der Waals surface area contributed by atoms with Gasteiger partial charge < -0.3 is 9.84 Å². The first-order valence-corrected chi connectivity index (χ1v) is 8.79. The Hall–Kier alpha value is -1.55. The first-order chi connectivity index (χ1) is 11.6. The predicted molar refractivity (Wildman–Crippen MR) is 99.7 cm³/mol. The number of hydrogen-bond acceptors (Lipinski definition) is 3. The van der Waals surface area contributed by atoms with Gasteiger partial charge in [-0.3, -0.25) is 4.90 Å². The highest BCUT2D eigenvalue weighted by molar-refractivity contribution is 6.30. The van der Waals surface area contributed by atoms with E-state index < -0.39 is 6.10 Å². The predicted octanol–water partition coefficient (Wildman–Crippen LogP) is 4.30. The van der Waals surface area contributed by atoms with Crippen LogP contribution in [0.25, 0.3) is 0 Å². The maximum absolute atomic E-state index is 10.3. The molecule has 0 amide bonds. The highest BCUT2D eigenvalue weighted by Crippen LogP contribution is 2.16. The molecule has 2 aromatic rings. The third-order valence-electron chi connectivity index (χ3n) is 3.75. The topological polar surface area (TPSA) is 32.7 Å². The molecule has 24 heavy (non-hydrogen) atoms. The molecule has 1 atom stereocenters. The molecular weight excluding hydrogens is 322 g/mol. The van der Waals surface area contributed by atoms with Crippen LogP contribution in [-0.4, -0.2) is 35.8 Å². The summed E-state index contributed by atoms with van der Waals surface area (Å²) in [4.78, 5) is 2.27. The van der Waals surface area contributed by atoms with Crippen molar-refractivity contribution in [3.8, 4) is 5.75 Å². The molecule has 0 heterocycles. The zero-order valence-corrected chi connectivity index (χ0v) is 15.2. The molecule has 4 heteroatoms. The standard InChI is InChI=1S/C20H26ClNO2/c1-3-11-22(13-17-6-4-5-16(2)12-17)14-19(23)15-24-20-9-7-18(21)8-10-20/h4-10,12,19,23H,3,11,13-15H2,1-2H3/t19-/m0/s1. The first-order valence-electron chi connectivity index (χ1n) is 8.41. The molecule has 0 aliphatic carbocycles. The molecule has 3 nitrogen and oxygen atoms in total. The Bertz CT molecular complexity index is 615. The SMILES string of the molecule is CCCN(Cc1cccc(C)c1)C[C@H](O)COc1ccc(Cl)cc1. The number of aliphatic hydroxyl groups is 1. The minimum atomic E-state index is -0.531. The van der Waals surface area contributed by atoms with Gasteiger partial charge in [-0.15, -0.1) is 0 Å². The van der Waals surface area contributed by atoms with E-state index in [0.29, 0.717) is 11.6 Å². The molecule has 0 radical (unpaired) electrons. The fourth-order valence-corrected chi connectivity index (χ4v) is 2.82. The molecule has 0 unspecified atom stereocenters. The maximum Gasteiger partial charge on any atom is 0.119 e. The molecule has 1 N–H and O–H groups in total. The Morgan fingerprint density at radius 2 is 1.92 bits per heavy atom. The Morgan fingerprint density at radius 3 is 2.58 bits per heavy atom. The van der Waals surface area contributed by atoms with E-state index in [2.05, 4.69) is 43.0 Å². The molecule has 0 aromatic heterocycles. The fourth-order valence-electron chi connectivity index (χ4n) is 2.69. The van der Waals surface area contributed by atoms with E-state index in [1.54, 1.807) is 12.1 Å². The summed E-state index contributed by atoms with van der Waals surface area (Å²) in [6.07, 6.45) is 0.522. The van der Waals surface area contributed by atoms with Crippen molar-refractivity contribution < 1.29 is 9.84 Å². The summed E-state index contributed by atoms with van der Waals surface area (Å²) in [6, 6.07) is 15.7. The van der Waals surface area contributed by atoms with Crippen LogP contribution in [0.3, 0.4) is 0 Å². The number of nitrogens with zero attached hydrogens (tertiary/aromatic N) is 1. The van der Waals surface area contributed by atoms with E-state index in [4.69, 9.17) is 16.3 Å². The zero-order chi connectivity index (χ0) is 17.4. The Kier molecular flexibility index (Phi) is 7.57. The summed E-state index contributed by atoms with van der Waals surface area (Å²) in [5.74, 6) is 0.721. The highest BCUT2D eigenvalue weighted by atomic mass is 35.5. The largest absolute Gasteiger partial charge is 0.491 e. The van der Waals surface area contributed by atoms with Crippen molar-refractivity contribution >= 4 is 11.6 Å². The third kappa shape index (κ3) is 6.52. The van der Waals surface area contributed by atoms with Crippen LogP contribution in [-0.2, 0) is 6.54 Å². The van der Waals surface area contributed by atoms with Gasteiger partial charge in [0, 0.05) is 18.1 Å². The van der Waals surface area contributed by atoms with E-state index in [9.17, 15) is 5.11 Å². The normalized spacial score (nSPS) is 12.4. The maximum atomic E-state index is 10.3. The summed E-state index contributed by atoms with van der Waals surface area (Å²) in [5, 5.41) is 11.0. The van der Waals surface area contributed by atoms with Crippen molar-refractivity contribution in [2.45, 2.75) is 32.9 Å². The molecule has 0 spiro atoms. The van der Waals surface area contributed by atoms with E-state index in [1.165, 1.54) is 11.1 Å². The number of ether oxygens (including phenoxy) is 1. The Morgan fingerprint density at radius 1 is 1.17 bits per heavy atom. The second kappa shape index (κ2) is 9.67. The first kappa shape index (κ1) is 18.8. The number of aryl methyl sites for hydroxylation is 1. The molecule has 0 fully saturated rings. The number of rotatable bonds is 9. The van der Waals surface area contributed by atoms with Crippen LogP contribution in [0.1, 0.15) is 24.5 Å². The quantitative estimate of drug-likeness (QED) is 0.734. The van der Waals surface area contributed by atoms with Gasteiger partial charge in [-0.2, -0.15) is 0 Å². The lowest BCUT2D eigenvalue weighted by molar-refractivity contribution is 0.0656. The van der Waals surface area contributed by atoms with Crippen LogP contribution in [0.4, 0.5) is 0 Å². The molecule has 0 bridgehead atoms. The molecule has 130 valence electrons. The number of benzene rings is 2. The van der Waals surface area contributed by atoms with Gasteiger partial charge in [0.1, 0.15) is 18.5 Å². The van der Waals surface area contributed by atoms with Gasteiger partial charge in [0.15, 0.2) is 0 Å². The van der Waals surface area contributed by atoms with Crippen molar-refractivity contribution in [2.75, 3.05) is 19.7 Å².